The summed E-state index contributed by atoms with van der Waals surface area (Å²) in [6.45, 7) is 5.53. The smallest absolute Gasteiger partial charge is 0.270 e. The molecule has 1 heterocycles. The molecule has 3 rings (SSSR count). The first-order valence-electron chi connectivity index (χ1n) is 9.08. The summed E-state index contributed by atoms with van der Waals surface area (Å²) >= 11 is 7.37. The van der Waals surface area contributed by atoms with Gasteiger partial charge >= 0.3 is 0 Å². The van der Waals surface area contributed by atoms with E-state index < -0.39 is 22.8 Å². The second kappa shape index (κ2) is 8.76. The van der Waals surface area contributed by atoms with E-state index in [4.69, 9.17) is 11.6 Å². The molecular weight excluding hydrogens is 428 g/mol. The second-order valence-corrected chi connectivity index (χ2v) is 8.53. The first-order chi connectivity index (χ1) is 14.2. The number of hydrogen-bond donors (Lipinski definition) is 2. The van der Waals surface area contributed by atoms with Crippen molar-refractivity contribution in [3.05, 3.63) is 62.7 Å². The van der Waals surface area contributed by atoms with Crippen molar-refractivity contribution < 1.29 is 14.5 Å². The number of nitro groups is 1. The molecule has 0 saturated heterocycles. The molecule has 0 saturated carbocycles. The van der Waals surface area contributed by atoms with Crippen molar-refractivity contribution in [2.45, 2.75) is 26.8 Å². The van der Waals surface area contributed by atoms with Crippen LogP contribution in [0.2, 0.25) is 5.02 Å². The average molecular weight is 447 g/mol. The number of nitrogens with one attached hydrogen (secondary N) is 2. The van der Waals surface area contributed by atoms with E-state index in [1.54, 1.807) is 13.8 Å². The van der Waals surface area contributed by atoms with Crippen molar-refractivity contribution in [3.63, 3.8) is 0 Å². The third kappa shape index (κ3) is 4.74. The number of fused-ring (bicyclic) bond motifs is 1. The molecule has 0 bridgehead atoms. The summed E-state index contributed by atoms with van der Waals surface area (Å²) < 4.78 is 0.943. The summed E-state index contributed by atoms with van der Waals surface area (Å²) in [7, 11) is 0. The largest absolute Gasteiger partial charge is 0.340 e. The minimum atomic E-state index is -0.887. The van der Waals surface area contributed by atoms with E-state index >= 15 is 0 Å². The summed E-state index contributed by atoms with van der Waals surface area (Å²) in [6.07, 6.45) is 0. The van der Waals surface area contributed by atoms with Gasteiger partial charge in [-0.1, -0.05) is 42.9 Å². The van der Waals surface area contributed by atoms with Crippen LogP contribution < -0.4 is 10.6 Å². The van der Waals surface area contributed by atoms with Crippen molar-refractivity contribution >= 4 is 55.8 Å². The zero-order valence-electron chi connectivity index (χ0n) is 16.4. The van der Waals surface area contributed by atoms with Gasteiger partial charge in [0.2, 0.25) is 5.91 Å². The number of halogens is 1. The van der Waals surface area contributed by atoms with Crippen LogP contribution in [0, 0.1) is 23.0 Å². The van der Waals surface area contributed by atoms with Gasteiger partial charge in [0.15, 0.2) is 5.13 Å². The standard InChI is InChI=1S/C20H19ClN4O4S/c1-10(2)17(23-18(26)13-9-12(25(28)29)5-6-14(13)21)19(27)24-20-22-15-7-4-11(3)8-16(15)30-20/h4-10,17H,1-3H3,(H,23,26)(H,22,24,27)/t17-/m0/s1. The van der Waals surface area contributed by atoms with Crippen LogP contribution in [0.25, 0.3) is 10.2 Å². The first kappa shape index (κ1) is 21.7. The minimum Gasteiger partial charge on any atom is -0.340 e. The van der Waals surface area contributed by atoms with Gasteiger partial charge in [-0.15, -0.1) is 0 Å². The first-order valence-corrected chi connectivity index (χ1v) is 10.3. The number of benzene rings is 2. The van der Waals surface area contributed by atoms with Crippen LogP contribution in [0.1, 0.15) is 29.8 Å². The van der Waals surface area contributed by atoms with Crippen LogP contribution in [-0.2, 0) is 4.79 Å². The number of thiazole rings is 1. The maximum atomic E-state index is 12.8. The van der Waals surface area contributed by atoms with Crippen LogP contribution in [0.15, 0.2) is 36.4 Å². The maximum absolute atomic E-state index is 12.8. The van der Waals surface area contributed by atoms with Crippen molar-refractivity contribution in [3.8, 4) is 0 Å². The van der Waals surface area contributed by atoms with Crippen molar-refractivity contribution in [1.29, 1.82) is 0 Å². The van der Waals surface area contributed by atoms with E-state index in [1.165, 1.54) is 23.5 Å². The number of rotatable bonds is 6. The zero-order chi connectivity index (χ0) is 22.0. The molecule has 0 aliphatic heterocycles. The van der Waals surface area contributed by atoms with E-state index in [-0.39, 0.29) is 22.2 Å². The Balaban J connectivity index is 1.79. The highest BCUT2D eigenvalue weighted by Crippen LogP contribution is 2.27. The molecule has 156 valence electrons. The SMILES string of the molecule is Cc1ccc2nc(NC(=O)[C@@H](NC(=O)c3cc([N+](=O)[O-])ccc3Cl)C(C)C)sc2c1. The summed E-state index contributed by atoms with van der Waals surface area (Å²) in [5, 5.41) is 16.8. The van der Waals surface area contributed by atoms with Crippen LogP contribution in [0.5, 0.6) is 0 Å². The van der Waals surface area contributed by atoms with Gasteiger partial charge in [0, 0.05) is 12.1 Å². The summed E-state index contributed by atoms with van der Waals surface area (Å²) in [4.78, 5) is 40.3. The Bertz CT molecular complexity index is 1150. The lowest BCUT2D eigenvalue weighted by Gasteiger charge is -2.21. The number of aryl methyl sites for hydroxylation is 1. The van der Waals surface area contributed by atoms with Gasteiger partial charge in [0.05, 0.1) is 25.7 Å². The zero-order valence-corrected chi connectivity index (χ0v) is 18.0. The van der Waals surface area contributed by atoms with E-state index in [0.717, 1.165) is 21.8 Å². The molecule has 2 aromatic carbocycles. The number of amides is 2. The second-order valence-electron chi connectivity index (χ2n) is 7.10. The highest BCUT2D eigenvalue weighted by atomic mass is 35.5. The fourth-order valence-corrected chi connectivity index (χ4v) is 3.99. The van der Waals surface area contributed by atoms with Crippen LogP contribution in [0.4, 0.5) is 10.8 Å². The molecule has 0 unspecified atom stereocenters. The Kier molecular flexibility index (Phi) is 6.33. The Morgan fingerprint density at radius 1 is 1.20 bits per heavy atom. The number of nitro benzene ring substituents is 1. The summed E-state index contributed by atoms with van der Waals surface area (Å²) in [5.74, 6) is -1.35. The number of anilines is 1. The van der Waals surface area contributed by atoms with E-state index in [2.05, 4.69) is 15.6 Å². The van der Waals surface area contributed by atoms with Crippen molar-refractivity contribution in [2.24, 2.45) is 5.92 Å². The lowest BCUT2D eigenvalue weighted by atomic mass is 10.0. The molecule has 2 amide bonds. The Morgan fingerprint density at radius 3 is 2.60 bits per heavy atom. The van der Waals surface area contributed by atoms with Crippen LogP contribution in [-0.4, -0.2) is 27.8 Å². The average Bonchev–Trinajstić information content (AvgIpc) is 3.06. The van der Waals surface area contributed by atoms with Gasteiger partial charge in [-0.3, -0.25) is 19.7 Å². The highest BCUT2D eigenvalue weighted by Gasteiger charge is 2.27. The maximum Gasteiger partial charge on any atom is 0.270 e. The molecule has 2 N–H and O–H groups in total. The van der Waals surface area contributed by atoms with E-state index in [0.29, 0.717) is 5.13 Å². The normalized spacial score (nSPS) is 12.0. The van der Waals surface area contributed by atoms with Gasteiger partial charge in [-0.05, 0) is 36.6 Å². The molecule has 0 aliphatic rings. The highest BCUT2D eigenvalue weighted by molar-refractivity contribution is 7.22. The van der Waals surface area contributed by atoms with Crippen molar-refractivity contribution in [1.82, 2.24) is 10.3 Å². The molecular formula is C20H19ClN4O4S. The van der Waals surface area contributed by atoms with Gasteiger partial charge < -0.3 is 10.6 Å². The predicted octanol–water partition coefficient (Wildman–Crippen LogP) is 4.56. The number of nitrogens with zero attached hydrogens (tertiary/aromatic N) is 2. The van der Waals surface area contributed by atoms with E-state index in [1.807, 2.05) is 25.1 Å². The third-order valence-electron chi connectivity index (χ3n) is 4.42. The van der Waals surface area contributed by atoms with Gasteiger partial charge in [0.1, 0.15) is 6.04 Å². The minimum absolute atomic E-state index is 0.0579. The van der Waals surface area contributed by atoms with Gasteiger partial charge in [0.25, 0.3) is 11.6 Å². The molecule has 0 spiro atoms. The molecule has 10 heteroatoms. The van der Waals surface area contributed by atoms with E-state index in [9.17, 15) is 19.7 Å². The number of non-ortho nitro benzene ring substituents is 1. The van der Waals surface area contributed by atoms with Crippen LogP contribution in [0.3, 0.4) is 0 Å². The number of carbonyl (C=O) groups excluding carboxylic acids is 2. The number of carbonyl (C=O) groups is 2. The molecule has 3 aromatic rings. The third-order valence-corrected chi connectivity index (χ3v) is 5.68. The lowest BCUT2D eigenvalue weighted by Crippen LogP contribution is -2.47. The monoisotopic (exact) mass is 446 g/mol. The fourth-order valence-electron chi connectivity index (χ4n) is 2.82. The molecule has 0 fully saturated rings. The molecule has 30 heavy (non-hydrogen) atoms. The fraction of sp³-hybridized carbons (Fsp3) is 0.250. The Morgan fingerprint density at radius 2 is 1.93 bits per heavy atom. The number of aromatic nitrogens is 1. The van der Waals surface area contributed by atoms with Crippen LogP contribution >= 0.6 is 22.9 Å². The topological polar surface area (TPSA) is 114 Å². The molecule has 1 aromatic heterocycles. The van der Waals surface area contributed by atoms with Gasteiger partial charge in [-0.2, -0.15) is 0 Å². The molecule has 0 aliphatic carbocycles. The quantitative estimate of drug-likeness (QED) is 0.425. The summed E-state index contributed by atoms with van der Waals surface area (Å²) in [6, 6.07) is 8.48. The molecule has 0 radical (unpaired) electrons. The Labute approximate surface area is 181 Å². The number of hydrogen-bond acceptors (Lipinski definition) is 6. The predicted molar refractivity (Wildman–Crippen MR) is 117 cm³/mol. The Hall–Kier alpha value is -3.04. The molecule has 1 atom stereocenters. The lowest BCUT2D eigenvalue weighted by molar-refractivity contribution is -0.384. The summed E-state index contributed by atoms with van der Waals surface area (Å²) in [5.41, 5.74) is 1.53. The van der Waals surface area contributed by atoms with Crippen molar-refractivity contribution in [2.75, 3.05) is 5.32 Å². The molecule has 8 nitrogen and oxygen atoms in total. The van der Waals surface area contributed by atoms with Gasteiger partial charge in [-0.25, -0.2) is 4.98 Å².